The highest BCUT2D eigenvalue weighted by Gasteiger charge is 2.46. The molecule has 7 nitrogen and oxygen atoms in total. The maximum absolute atomic E-state index is 14.2. The third kappa shape index (κ3) is 5.71. The van der Waals surface area contributed by atoms with Crippen LogP contribution in [0.4, 0.5) is 24.5 Å². The van der Waals surface area contributed by atoms with Crippen LogP contribution in [0.15, 0.2) is 84.9 Å². The molecule has 10 heteroatoms. The molecule has 0 bridgehead atoms. The number of halogens is 3. The van der Waals surface area contributed by atoms with Gasteiger partial charge in [-0.2, -0.15) is 13.2 Å². The first-order chi connectivity index (χ1) is 26.5. The molecule has 9 rings (SSSR count). The molecule has 5 aromatic rings. The van der Waals surface area contributed by atoms with Gasteiger partial charge in [-0.05, 0) is 82.2 Å². The van der Waals surface area contributed by atoms with Gasteiger partial charge in [-0.1, -0.05) is 50.3 Å². The Balaban J connectivity index is 1.30. The minimum absolute atomic E-state index is 0.586. The second-order valence-electron chi connectivity index (χ2n) is 15.1. The molecule has 0 saturated carbocycles. The van der Waals surface area contributed by atoms with Crippen molar-refractivity contribution >= 4 is 28.2 Å². The second-order valence-corrected chi connectivity index (χ2v) is 15.1. The zero-order valence-corrected chi connectivity index (χ0v) is 31.4. The van der Waals surface area contributed by atoms with Crippen LogP contribution in [-0.4, -0.2) is 66.8 Å². The van der Waals surface area contributed by atoms with Crippen molar-refractivity contribution in [2.45, 2.75) is 31.0 Å². The Morgan fingerprint density at radius 2 is 1.35 bits per heavy atom. The van der Waals surface area contributed by atoms with Crippen LogP contribution in [0.25, 0.3) is 28.0 Å². The van der Waals surface area contributed by atoms with Gasteiger partial charge in [0.2, 0.25) is 0 Å². The summed E-state index contributed by atoms with van der Waals surface area (Å²) in [5.74, 6) is 2.06. The summed E-state index contributed by atoms with van der Waals surface area (Å²) in [6.45, 7) is 9.59. The number of anilines is 2. The van der Waals surface area contributed by atoms with Gasteiger partial charge in [0.05, 0.1) is 51.9 Å². The number of alkyl halides is 3. The van der Waals surface area contributed by atoms with Crippen molar-refractivity contribution in [1.82, 2.24) is 0 Å². The molecule has 0 amide bonds. The van der Waals surface area contributed by atoms with E-state index in [9.17, 15) is 13.2 Å². The number of morpholine rings is 2. The second kappa shape index (κ2) is 13.2. The number of nitrogens with zero attached hydrogens (tertiary/aromatic N) is 2. The van der Waals surface area contributed by atoms with Gasteiger partial charge in [-0.3, -0.25) is 0 Å². The van der Waals surface area contributed by atoms with E-state index in [4.69, 9.17) is 23.7 Å². The summed E-state index contributed by atoms with van der Waals surface area (Å²) in [7, 11) is 3.31. The van der Waals surface area contributed by atoms with Crippen LogP contribution in [0, 0.1) is 0 Å². The van der Waals surface area contributed by atoms with E-state index in [1.807, 2.05) is 44.2 Å². The van der Waals surface area contributed by atoms with E-state index in [-0.39, 0.29) is 0 Å². The fourth-order valence-electron chi connectivity index (χ4n) is 8.95. The van der Waals surface area contributed by atoms with E-state index in [1.54, 1.807) is 20.3 Å². The lowest BCUT2D eigenvalue weighted by Crippen LogP contribution is -2.37. The van der Waals surface area contributed by atoms with Gasteiger partial charge >= 0.3 is 6.18 Å². The third-order valence-electron chi connectivity index (χ3n) is 11.8. The average Bonchev–Trinajstić information content (AvgIpc) is 3.46. The van der Waals surface area contributed by atoms with Gasteiger partial charge in [0.1, 0.15) is 17.2 Å². The van der Waals surface area contributed by atoms with Gasteiger partial charge in [0, 0.05) is 59.4 Å². The molecule has 4 aliphatic rings. The van der Waals surface area contributed by atoms with E-state index in [1.165, 1.54) is 12.1 Å². The molecular formula is C45H43F3N2O5. The van der Waals surface area contributed by atoms with Crippen LogP contribution >= 0.6 is 0 Å². The molecule has 2 saturated heterocycles. The Morgan fingerprint density at radius 3 is 1.96 bits per heavy atom. The summed E-state index contributed by atoms with van der Waals surface area (Å²) in [4.78, 5) is 4.57. The molecule has 2 fully saturated rings. The molecule has 284 valence electrons. The summed E-state index contributed by atoms with van der Waals surface area (Å²) < 4.78 is 73.1. The van der Waals surface area contributed by atoms with Crippen molar-refractivity contribution in [3.05, 3.63) is 118 Å². The van der Waals surface area contributed by atoms with Gasteiger partial charge in [0.15, 0.2) is 5.60 Å². The van der Waals surface area contributed by atoms with Crippen molar-refractivity contribution in [1.29, 1.82) is 0 Å². The fraction of sp³-hybridized carbons (Fsp3) is 0.333. The minimum atomic E-state index is -4.48. The first-order valence-corrected chi connectivity index (χ1v) is 18.8. The van der Waals surface area contributed by atoms with E-state index in [0.717, 1.165) is 74.4 Å². The third-order valence-corrected chi connectivity index (χ3v) is 11.8. The Kier molecular flexibility index (Phi) is 8.55. The Labute approximate surface area is 318 Å². The number of rotatable bonds is 6. The molecule has 0 spiro atoms. The number of benzene rings is 5. The lowest BCUT2D eigenvalue weighted by molar-refractivity contribution is -0.137. The van der Waals surface area contributed by atoms with Crippen molar-refractivity contribution in [3.8, 4) is 28.4 Å². The van der Waals surface area contributed by atoms with Crippen LogP contribution in [-0.2, 0) is 26.7 Å². The van der Waals surface area contributed by atoms with Crippen LogP contribution in [0.2, 0.25) is 0 Å². The fourth-order valence-corrected chi connectivity index (χ4v) is 8.95. The summed E-state index contributed by atoms with van der Waals surface area (Å²) in [5, 5.41) is 1.71. The first kappa shape index (κ1) is 35.5. The standard InChI is InChI=1S/C45H43F3N2O5/c1-43(2)37-25-30(45(46,47)48)9-14-33(37)40-35-26-38(50-19-23-54-24-20-50)39(52-4)27-36(35)42-34(41(40)43)15-16-44(55-42,29-7-12-32(51-3)13-8-29)28-5-10-31(11-6-28)49-17-21-53-22-18-49/h5-16,25-27H,17-24H2,1-4H3. The summed E-state index contributed by atoms with van der Waals surface area (Å²) in [5.41, 5.74) is 5.47. The van der Waals surface area contributed by atoms with Crippen LogP contribution in [0.1, 0.15) is 47.2 Å². The van der Waals surface area contributed by atoms with Crippen LogP contribution in [0.3, 0.4) is 0 Å². The van der Waals surface area contributed by atoms with Gasteiger partial charge in [-0.25, -0.2) is 0 Å². The Morgan fingerprint density at radius 1 is 0.709 bits per heavy atom. The zero-order valence-electron chi connectivity index (χ0n) is 31.4. The van der Waals surface area contributed by atoms with Crippen molar-refractivity contribution in [2.24, 2.45) is 0 Å². The molecule has 1 aliphatic carbocycles. The van der Waals surface area contributed by atoms with Crippen molar-refractivity contribution in [3.63, 3.8) is 0 Å². The summed E-state index contributed by atoms with van der Waals surface area (Å²) in [6.07, 6.45) is -0.277. The van der Waals surface area contributed by atoms with Gasteiger partial charge < -0.3 is 33.5 Å². The highest BCUT2D eigenvalue weighted by molar-refractivity contribution is 6.10. The largest absolute Gasteiger partial charge is 0.497 e. The monoisotopic (exact) mass is 748 g/mol. The molecular weight excluding hydrogens is 705 g/mol. The summed E-state index contributed by atoms with van der Waals surface area (Å²) >= 11 is 0. The highest BCUT2D eigenvalue weighted by Crippen LogP contribution is 2.59. The number of hydrogen-bond acceptors (Lipinski definition) is 7. The first-order valence-electron chi connectivity index (χ1n) is 18.8. The minimum Gasteiger partial charge on any atom is -0.497 e. The Bertz CT molecular complexity index is 2310. The normalized spacial score (nSPS) is 20.1. The van der Waals surface area contributed by atoms with E-state index in [2.05, 4.69) is 52.3 Å². The quantitative estimate of drug-likeness (QED) is 0.172. The van der Waals surface area contributed by atoms with Gasteiger partial charge in [0.25, 0.3) is 0 Å². The highest BCUT2D eigenvalue weighted by atomic mass is 19.4. The maximum atomic E-state index is 14.2. The van der Waals surface area contributed by atoms with Crippen LogP contribution in [0.5, 0.6) is 17.2 Å². The molecule has 0 aromatic heterocycles. The number of ether oxygens (including phenoxy) is 5. The summed E-state index contributed by atoms with van der Waals surface area (Å²) in [6, 6.07) is 24.8. The van der Waals surface area contributed by atoms with Gasteiger partial charge in [-0.15, -0.1) is 0 Å². The van der Waals surface area contributed by atoms with E-state index in [0.29, 0.717) is 56.6 Å². The predicted octanol–water partition coefficient (Wildman–Crippen LogP) is 9.20. The molecule has 3 aliphatic heterocycles. The molecule has 1 atom stereocenters. The topological polar surface area (TPSA) is 52.6 Å². The van der Waals surface area contributed by atoms with E-state index >= 15 is 0 Å². The number of methoxy groups -OCH3 is 2. The molecule has 1 unspecified atom stereocenters. The number of hydrogen-bond donors (Lipinski definition) is 0. The molecule has 0 N–H and O–H groups in total. The molecule has 55 heavy (non-hydrogen) atoms. The smallest absolute Gasteiger partial charge is 0.416 e. The SMILES string of the molecule is COc1ccc(C2(c3ccc(N4CCOCC4)cc3)C=Cc3c4c(c5cc(N6CCOCC6)c(OC)cc5c3O2)-c2ccc(C(F)(F)F)cc2C4(C)C)cc1. The van der Waals surface area contributed by atoms with E-state index < -0.39 is 22.8 Å². The average molecular weight is 749 g/mol. The molecule has 5 aromatic carbocycles. The predicted molar refractivity (Wildman–Crippen MR) is 209 cm³/mol. The Hall–Kier alpha value is -5.19. The molecule has 3 heterocycles. The van der Waals surface area contributed by atoms with Crippen molar-refractivity contribution in [2.75, 3.05) is 76.6 Å². The zero-order chi connectivity index (χ0) is 38.1. The maximum Gasteiger partial charge on any atom is 0.416 e. The number of fused-ring (bicyclic) bond motifs is 8. The van der Waals surface area contributed by atoms with Crippen molar-refractivity contribution < 1.29 is 36.9 Å². The lowest BCUT2D eigenvalue weighted by atomic mass is 9.76. The lowest BCUT2D eigenvalue weighted by Gasteiger charge is -2.39. The van der Waals surface area contributed by atoms with Crippen LogP contribution < -0.4 is 24.0 Å². The molecule has 0 radical (unpaired) electrons.